The van der Waals surface area contributed by atoms with Gasteiger partial charge in [0.05, 0.1) is 12.7 Å². The second-order valence-corrected chi connectivity index (χ2v) is 5.32. The number of benzene rings is 2. The molecule has 0 aliphatic rings. The van der Waals surface area contributed by atoms with Crippen LogP contribution in [0.5, 0.6) is 5.75 Å². The van der Waals surface area contributed by atoms with E-state index in [0.717, 1.165) is 10.9 Å². The molecule has 3 rings (SSSR count). The molecule has 3 aromatic rings. The lowest BCUT2D eigenvalue weighted by Gasteiger charge is -2.09. The van der Waals surface area contributed by atoms with Crippen molar-refractivity contribution >= 4 is 16.6 Å². The second kappa shape index (κ2) is 7.55. The number of aromatic nitrogens is 1. The maximum Gasteiger partial charge on any atom is 0.231 e. The van der Waals surface area contributed by atoms with Gasteiger partial charge in [0.15, 0.2) is 12.4 Å². The fraction of sp³-hybridized carbons (Fsp3) is 0.158. The van der Waals surface area contributed by atoms with E-state index in [1.54, 1.807) is 7.11 Å². The van der Waals surface area contributed by atoms with Gasteiger partial charge in [-0.3, -0.25) is 4.79 Å². The lowest BCUT2D eigenvalue weighted by Crippen LogP contribution is -3.00. The molecular formula is C19H18INO2. The molecule has 118 valence electrons. The van der Waals surface area contributed by atoms with Gasteiger partial charge >= 0.3 is 0 Å². The third-order valence-corrected chi connectivity index (χ3v) is 3.79. The van der Waals surface area contributed by atoms with E-state index in [1.807, 2.05) is 66.3 Å². The zero-order chi connectivity index (χ0) is 15.5. The fourth-order valence-electron chi connectivity index (χ4n) is 2.67. The Bertz CT molecular complexity index is 846. The molecule has 0 atom stereocenters. The Balaban J connectivity index is 0.00000192. The van der Waals surface area contributed by atoms with Crippen LogP contribution in [-0.4, -0.2) is 12.9 Å². The zero-order valence-corrected chi connectivity index (χ0v) is 15.3. The number of ketones is 1. The highest BCUT2D eigenvalue weighted by Crippen LogP contribution is 2.23. The highest BCUT2D eigenvalue weighted by molar-refractivity contribution is 5.98. The number of aryl methyl sites for hydroxylation is 1. The van der Waals surface area contributed by atoms with E-state index in [0.29, 0.717) is 17.9 Å². The minimum atomic E-state index is 0. The highest BCUT2D eigenvalue weighted by Gasteiger charge is 2.18. The van der Waals surface area contributed by atoms with Crippen LogP contribution in [0.3, 0.4) is 0 Å². The van der Waals surface area contributed by atoms with E-state index >= 15 is 0 Å². The number of rotatable bonds is 4. The fourth-order valence-corrected chi connectivity index (χ4v) is 2.67. The second-order valence-electron chi connectivity index (χ2n) is 5.32. The maximum atomic E-state index is 12.6. The number of halogens is 1. The molecule has 0 saturated heterocycles. The van der Waals surface area contributed by atoms with Crippen LogP contribution in [-0.2, 0) is 6.54 Å². The molecule has 3 nitrogen and oxygen atoms in total. The molecule has 0 fully saturated rings. The number of methoxy groups -OCH3 is 1. The number of pyridine rings is 1. The van der Waals surface area contributed by atoms with E-state index in [2.05, 4.69) is 6.07 Å². The molecule has 0 unspecified atom stereocenters. The first kappa shape index (κ1) is 17.4. The summed E-state index contributed by atoms with van der Waals surface area (Å²) in [5.41, 5.74) is 1.60. The number of carbonyl (C=O) groups excluding carboxylic acids is 1. The molecule has 2 aromatic carbocycles. The van der Waals surface area contributed by atoms with Gasteiger partial charge in [-0.1, -0.05) is 30.3 Å². The third-order valence-electron chi connectivity index (χ3n) is 3.79. The van der Waals surface area contributed by atoms with Gasteiger partial charge < -0.3 is 28.7 Å². The van der Waals surface area contributed by atoms with Gasteiger partial charge in [0.25, 0.3) is 0 Å². The van der Waals surface area contributed by atoms with Crippen LogP contribution in [0, 0.1) is 6.92 Å². The Labute approximate surface area is 152 Å². The van der Waals surface area contributed by atoms with Crippen molar-refractivity contribution in [1.82, 2.24) is 0 Å². The number of carbonyl (C=O) groups is 1. The molecule has 1 aromatic heterocycles. The molecular weight excluding hydrogens is 401 g/mol. The van der Waals surface area contributed by atoms with E-state index < -0.39 is 0 Å². The van der Waals surface area contributed by atoms with Crippen LogP contribution in [0.25, 0.3) is 10.8 Å². The van der Waals surface area contributed by atoms with Crippen molar-refractivity contribution in [3.8, 4) is 5.75 Å². The quantitative estimate of drug-likeness (QED) is 0.347. The first-order chi connectivity index (χ1) is 10.7. The minimum absolute atomic E-state index is 0. The van der Waals surface area contributed by atoms with Crippen LogP contribution in [0.2, 0.25) is 0 Å². The number of fused-ring (bicyclic) bond motifs is 1. The first-order valence-corrected chi connectivity index (χ1v) is 7.23. The predicted octanol–water partition coefficient (Wildman–Crippen LogP) is 0.331. The molecule has 0 amide bonds. The van der Waals surface area contributed by atoms with Crippen LogP contribution in [0.15, 0.2) is 60.9 Å². The Morgan fingerprint density at radius 1 is 1.04 bits per heavy atom. The standard InChI is InChI=1S/C19H18NO2.HI/c1-14-6-5-9-17(19(14)22-2)18(21)13-20-11-10-15-7-3-4-8-16(15)12-20;/h3-12H,13H2,1-2H3;1H/q+1;/p-1. The van der Waals surface area contributed by atoms with E-state index in [9.17, 15) is 4.79 Å². The van der Waals surface area contributed by atoms with Gasteiger partial charge in [0.1, 0.15) is 5.75 Å². The predicted molar refractivity (Wildman–Crippen MR) is 86.2 cm³/mol. The van der Waals surface area contributed by atoms with Crippen molar-refractivity contribution < 1.29 is 38.1 Å². The number of nitrogens with zero attached hydrogens (tertiary/aromatic N) is 1. The largest absolute Gasteiger partial charge is 1.00 e. The van der Waals surface area contributed by atoms with Gasteiger partial charge in [-0.25, -0.2) is 0 Å². The highest BCUT2D eigenvalue weighted by atomic mass is 127. The summed E-state index contributed by atoms with van der Waals surface area (Å²) in [6.07, 6.45) is 3.93. The number of hydrogen-bond donors (Lipinski definition) is 0. The minimum Gasteiger partial charge on any atom is -1.00 e. The molecule has 0 bridgehead atoms. The van der Waals surface area contributed by atoms with E-state index in [4.69, 9.17) is 4.74 Å². The maximum absolute atomic E-state index is 12.6. The molecule has 0 aliphatic heterocycles. The van der Waals surface area contributed by atoms with Gasteiger partial charge in [-0.05, 0) is 30.0 Å². The third kappa shape index (κ3) is 3.69. The van der Waals surface area contributed by atoms with Gasteiger partial charge in [0.2, 0.25) is 12.3 Å². The average molecular weight is 419 g/mol. The van der Waals surface area contributed by atoms with Crippen molar-refractivity contribution in [3.05, 3.63) is 72.1 Å². The van der Waals surface area contributed by atoms with Gasteiger partial charge in [-0.2, -0.15) is 4.57 Å². The molecule has 0 saturated carbocycles. The normalized spacial score (nSPS) is 10.2. The summed E-state index contributed by atoms with van der Waals surface area (Å²) in [5.74, 6) is 0.703. The summed E-state index contributed by atoms with van der Waals surface area (Å²) in [4.78, 5) is 12.6. The molecule has 0 aliphatic carbocycles. The first-order valence-electron chi connectivity index (χ1n) is 7.23. The number of ether oxygens (including phenoxy) is 1. The van der Waals surface area contributed by atoms with Crippen molar-refractivity contribution in [2.75, 3.05) is 7.11 Å². The lowest BCUT2D eigenvalue weighted by atomic mass is 10.1. The summed E-state index contributed by atoms with van der Waals surface area (Å²) in [5, 5.41) is 2.29. The molecule has 0 N–H and O–H groups in total. The molecule has 23 heavy (non-hydrogen) atoms. The number of Topliss-reactive ketones (excluding diaryl/α,β-unsaturated/α-hetero) is 1. The number of para-hydroxylation sites is 1. The molecule has 1 heterocycles. The Hall–Kier alpha value is -1.95. The molecule has 0 spiro atoms. The molecule has 0 radical (unpaired) electrons. The smallest absolute Gasteiger partial charge is 0.231 e. The average Bonchev–Trinajstić information content (AvgIpc) is 2.54. The SMILES string of the molecule is COc1c(C)cccc1C(=O)C[n+]1ccc2ccccc2c1.[I-]. The molecule has 4 heteroatoms. The van der Waals surface area contributed by atoms with E-state index in [-0.39, 0.29) is 29.8 Å². The Morgan fingerprint density at radius 3 is 2.52 bits per heavy atom. The van der Waals surface area contributed by atoms with Crippen LogP contribution in [0.1, 0.15) is 15.9 Å². The summed E-state index contributed by atoms with van der Waals surface area (Å²) in [6, 6.07) is 15.8. The summed E-state index contributed by atoms with van der Waals surface area (Å²) in [6.45, 7) is 2.24. The van der Waals surface area contributed by atoms with Crippen LogP contribution >= 0.6 is 0 Å². The monoisotopic (exact) mass is 419 g/mol. The van der Waals surface area contributed by atoms with Crippen LogP contribution in [0.4, 0.5) is 0 Å². The van der Waals surface area contributed by atoms with Crippen molar-refractivity contribution in [1.29, 1.82) is 0 Å². The summed E-state index contributed by atoms with van der Waals surface area (Å²) >= 11 is 0. The van der Waals surface area contributed by atoms with Crippen molar-refractivity contribution in [3.63, 3.8) is 0 Å². The number of hydrogen-bond acceptors (Lipinski definition) is 2. The topological polar surface area (TPSA) is 30.2 Å². The summed E-state index contributed by atoms with van der Waals surface area (Å²) in [7, 11) is 1.60. The Kier molecular flexibility index (Phi) is 5.71. The van der Waals surface area contributed by atoms with Gasteiger partial charge in [-0.15, -0.1) is 0 Å². The summed E-state index contributed by atoms with van der Waals surface area (Å²) < 4.78 is 7.28. The lowest BCUT2D eigenvalue weighted by molar-refractivity contribution is -0.681. The van der Waals surface area contributed by atoms with Crippen molar-refractivity contribution in [2.45, 2.75) is 13.5 Å². The van der Waals surface area contributed by atoms with Crippen LogP contribution < -0.4 is 33.3 Å². The zero-order valence-electron chi connectivity index (χ0n) is 13.1. The van der Waals surface area contributed by atoms with Gasteiger partial charge in [0, 0.05) is 11.5 Å². The Morgan fingerprint density at radius 2 is 1.78 bits per heavy atom. The van der Waals surface area contributed by atoms with Crippen molar-refractivity contribution in [2.24, 2.45) is 0 Å². The van der Waals surface area contributed by atoms with E-state index in [1.165, 1.54) is 5.39 Å².